The molecule has 1 N–H and O–H groups in total. The lowest BCUT2D eigenvalue weighted by molar-refractivity contribution is -0.118. The van der Waals surface area contributed by atoms with E-state index in [-0.39, 0.29) is 5.91 Å². The van der Waals surface area contributed by atoms with Gasteiger partial charge in [0.15, 0.2) is 0 Å². The predicted molar refractivity (Wildman–Crippen MR) is 70.2 cm³/mol. The normalized spacial score (nSPS) is 13.9. The molecule has 1 rings (SSSR count). The summed E-state index contributed by atoms with van der Waals surface area (Å²) in [7, 11) is 0. The Balaban J connectivity index is 0.00000106. The molecule has 0 bridgehead atoms. The molecule has 0 atom stereocenters. The minimum absolute atomic E-state index is 0.0430. The Morgan fingerprint density at radius 2 is 2.12 bits per heavy atom. The Hall–Kier alpha value is -1.57. The van der Waals surface area contributed by atoms with Gasteiger partial charge in [-0.15, -0.1) is 13.2 Å². The van der Waals surface area contributed by atoms with Crippen molar-refractivity contribution in [1.82, 2.24) is 5.32 Å². The van der Waals surface area contributed by atoms with E-state index >= 15 is 0 Å². The van der Waals surface area contributed by atoms with Gasteiger partial charge in [0.2, 0.25) is 5.91 Å². The molecule has 0 aromatic rings. The van der Waals surface area contributed by atoms with E-state index in [1.54, 1.807) is 6.92 Å². The lowest BCUT2D eigenvalue weighted by atomic mass is 10.1. The van der Waals surface area contributed by atoms with Crippen molar-refractivity contribution >= 4 is 5.91 Å². The first-order valence-corrected chi connectivity index (χ1v) is 5.46. The zero-order valence-electron chi connectivity index (χ0n) is 10.3. The second-order valence-corrected chi connectivity index (χ2v) is 3.58. The lowest BCUT2D eigenvalue weighted by Gasteiger charge is -2.03. The number of rotatable bonds is 3. The zero-order chi connectivity index (χ0) is 12.4. The molecule has 1 amide bonds. The maximum absolute atomic E-state index is 10.6. The average molecular weight is 219 g/mol. The third kappa shape index (κ3) is 6.82. The summed E-state index contributed by atoms with van der Waals surface area (Å²) in [6.07, 6.45) is 10.5. The Morgan fingerprint density at radius 3 is 2.75 bits per heavy atom. The maximum atomic E-state index is 10.6. The maximum Gasteiger partial charge on any atom is 0.216 e. The molecule has 16 heavy (non-hydrogen) atoms. The molecule has 0 aromatic heterocycles. The Bertz CT molecular complexity index is 311. The predicted octanol–water partition coefficient (Wildman–Crippen LogP) is 3.15. The molecule has 2 nitrogen and oxygen atoms in total. The average Bonchev–Trinajstić information content (AvgIpc) is 2.46. The molecule has 0 fully saturated rings. The van der Waals surface area contributed by atoms with Gasteiger partial charge in [-0.1, -0.05) is 35.5 Å². The number of nitrogens with one attached hydrogen (secondary N) is 1. The van der Waals surface area contributed by atoms with Gasteiger partial charge in [-0.3, -0.25) is 4.79 Å². The van der Waals surface area contributed by atoms with Crippen LogP contribution >= 0.6 is 0 Å². The highest BCUT2D eigenvalue weighted by atomic mass is 16.1. The summed E-state index contributed by atoms with van der Waals surface area (Å²) >= 11 is 0. The van der Waals surface area contributed by atoms with Crippen LogP contribution in [0.5, 0.6) is 0 Å². The van der Waals surface area contributed by atoms with Gasteiger partial charge in [0.05, 0.1) is 0 Å². The summed E-state index contributed by atoms with van der Waals surface area (Å²) in [6, 6.07) is 0. The molecule has 0 radical (unpaired) electrons. The van der Waals surface area contributed by atoms with Crippen LogP contribution in [0.1, 0.15) is 26.7 Å². The van der Waals surface area contributed by atoms with Crippen LogP contribution in [-0.4, -0.2) is 12.5 Å². The van der Waals surface area contributed by atoms with Crippen LogP contribution < -0.4 is 5.32 Å². The number of carbonyl (C=O) groups excluding carboxylic acids is 1. The number of hydrogen-bond acceptors (Lipinski definition) is 1. The fourth-order valence-electron chi connectivity index (χ4n) is 1.35. The Morgan fingerprint density at radius 1 is 1.44 bits per heavy atom. The quantitative estimate of drug-likeness (QED) is 0.726. The van der Waals surface area contributed by atoms with Crippen molar-refractivity contribution in [1.29, 1.82) is 0 Å². The molecule has 88 valence electrons. The molecule has 0 saturated carbocycles. The summed E-state index contributed by atoms with van der Waals surface area (Å²) in [4.78, 5) is 10.6. The minimum Gasteiger partial charge on any atom is -0.356 e. The van der Waals surface area contributed by atoms with Crippen LogP contribution in [0, 0.1) is 0 Å². The number of hydrogen-bond donors (Lipinski definition) is 1. The van der Waals surface area contributed by atoms with Gasteiger partial charge in [-0.2, -0.15) is 0 Å². The summed E-state index contributed by atoms with van der Waals surface area (Å²) < 4.78 is 0. The van der Waals surface area contributed by atoms with Crippen LogP contribution in [0.25, 0.3) is 0 Å². The second-order valence-electron chi connectivity index (χ2n) is 3.58. The molecule has 2 heteroatoms. The lowest BCUT2D eigenvalue weighted by Crippen LogP contribution is -2.21. The van der Waals surface area contributed by atoms with E-state index in [4.69, 9.17) is 0 Å². The van der Waals surface area contributed by atoms with Crippen LogP contribution in [0.15, 0.2) is 48.6 Å². The molecule has 0 heterocycles. The Labute approximate surface area is 98.4 Å². The van der Waals surface area contributed by atoms with Crippen molar-refractivity contribution in [3.05, 3.63) is 48.6 Å². The van der Waals surface area contributed by atoms with Gasteiger partial charge < -0.3 is 5.32 Å². The molecule has 1 aliphatic carbocycles. The van der Waals surface area contributed by atoms with Crippen molar-refractivity contribution in [3.8, 4) is 0 Å². The SMILES string of the molecule is C=C.CC(=O)NCCC1=CC=C(C)C=CC1. The molecule has 0 saturated heterocycles. The number of carbonyl (C=O) groups is 1. The van der Waals surface area contributed by atoms with E-state index in [2.05, 4.69) is 49.7 Å². The summed E-state index contributed by atoms with van der Waals surface area (Å²) in [6.45, 7) is 10.4. The zero-order valence-corrected chi connectivity index (χ0v) is 10.3. The minimum atomic E-state index is 0.0430. The van der Waals surface area contributed by atoms with Crippen molar-refractivity contribution < 1.29 is 4.79 Å². The molecule has 1 aliphatic rings. The smallest absolute Gasteiger partial charge is 0.216 e. The van der Waals surface area contributed by atoms with Gasteiger partial charge >= 0.3 is 0 Å². The third-order valence-corrected chi connectivity index (χ3v) is 2.16. The highest BCUT2D eigenvalue weighted by Crippen LogP contribution is 2.13. The fourth-order valence-corrected chi connectivity index (χ4v) is 1.35. The number of allylic oxidation sites excluding steroid dienone is 5. The van der Waals surface area contributed by atoms with Crippen LogP contribution in [0.3, 0.4) is 0 Å². The van der Waals surface area contributed by atoms with Gasteiger partial charge in [-0.25, -0.2) is 0 Å². The van der Waals surface area contributed by atoms with E-state index in [0.29, 0.717) is 0 Å². The first-order chi connectivity index (χ1) is 7.68. The first-order valence-electron chi connectivity index (χ1n) is 5.46. The van der Waals surface area contributed by atoms with E-state index in [0.717, 1.165) is 19.4 Å². The summed E-state index contributed by atoms with van der Waals surface area (Å²) in [5, 5.41) is 2.80. The van der Waals surface area contributed by atoms with Crippen molar-refractivity contribution in [2.75, 3.05) is 6.54 Å². The molecular weight excluding hydrogens is 198 g/mol. The summed E-state index contributed by atoms with van der Waals surface area (Å²) in [5.41, 5.74) is 2.64. The Kier molecular flexibility index (Phi) is 7.86. The van der Waals surface area contributed by atoms with Gasteiger partial charge in [0, 0.05) is 13.5 Å². The molecule has 0 spiro atoms. The standard InChI is InChI=1S/C12H17NO.C2H4/c1-10-4-3-5-12(7-6-10)8-9-13-11(2)14;1-2/h3-4,6-7H,5,8-9H2,1-2H3,(H,13,14);1-2H2. The number of amides is 1. The third-order valence-electron chi connectivity index (χ3n) is 2.16. The second kappa shape index (κ2) is 8.72. The largest absolute Gasteiger partial charge is 0.356 e. The van der Waals surface area contributed by atoms with Gasteiger partial charge in [0.25, 0.3) is 0 Å². The van der Waals surface area contributed by atoms with E-state index in [1.165, 1.54) is 11.1 Å². The molecule has 0 aliphatic heterocycles. The van der Waals surface area contributed by atoms with Gasteiger partial charge in [-0.05, 0) is 19.8 Å². The monoisotopic (exact) mass is 219 g/mol. The molecular formula is C14H21NO. The van der Waals surface area contributed by atoms with E-state index in [9.17, 15) is 4.79 Å². The highest BCUT2D eigenvalue weighted by Gasteiger charge is 1.98. The molecule has 0 aromatic carbocycles. The van der Waals surface area contributed by atoms with E-state index in [1.807, 2.05) is 0 Å². The van der Waals surface area contributed by atoms with Crippen LogP contribution in [0.2, 0.25) is 0 Å². The van der Waals surface area contributed by atoms with Crippen molar-refractivity contribution in [2.24, 2.45) is 0 Å². The summed E-state index contributed by atoms with van der Waals surface area (Å²) in [5.74, 6) is 0.0430. The molecule has 0 unspecified atom stereocenters. The van der Waals surface area contributed by atoms with Crippen LogP contribution in [-0.2, 0) is 4.79 Å². The fraction of sp³-hybridized carbons (Fsp3) is 0.357. The van der Waals surface area contributed by atoms with Crippen molar-refractivity contribution in [3.63, 3.8) is 0 Å². The topological polar surface area (TPSA) is 29.1 Å². The van der Waals surface area contributed by atoms with Crippen LogP contribution in [0.4, 0.5) is 0 Å². The van der Waals surface area contributed by atoms with Gasteiger partial charge in [0.1, 0.15) is 0 Å². The van der Waals surface area contributed by atoms with Crippen molar-refractivity contribution in [2.45, 2.75) is 26.7 Å². The highest BCUT2D eigenvalue weighted by molar-refractivity contribution is 5.72. The van der Waals surface area contributed by atoms with E-state index < -0.39 is 0 Å². The first kappa shape index (κ1) is 14.4.